The van der Waals surface area contributed by atoms with Gasteiger partial charge in [-0.25, -0.2) is 0 Å². The van der Waals surface area contributed by atoms with E-state index in [4.69, 9.17) is 4.42 Å². The molecule has 2 aromatic rings. The number of fused-ring (bicyclic) bond motifs is 1. The Kier molecular flexibility index (Phi) is 3.81. The van der Waals surface area contributed by atoms with Crippen LogP contribution in [0.4, 0.5) is 0 Å². The van der Waals surface area contributed by atoms with Gasteiger partial charge in [0.15, 0.2) is 0 Å². The van der Waals surface area contributed by atoms with Crippen LogP contribution in [0.5, 0.6) is 0 Å². The van der Waals surface area contributed by atoms with Crippen molar-refractivity contribution in [2.75, 3.05) is 19.6 Å². The molecule has 0 spiro atoms. The molecule has 3 nitrogen and oxygen atoms in total. The fourth-order valence-electron chi connectivity index (χ4n) is 3.33. The molecular formula is C17H24N2O. The van der Waals surface area contributed by atoms with Crippen molar-refractivity contribution in [2.45, 2.75) is 39.3 Å². The van der Waals surface area contributed by atoms with Crippen LogP contribution >= 0.6 is 0 Å². The molecule has 1 aromatic carbocycles. The normalized spacial score (nSPS) is 17.6. The lowest BCUT2D eigenvalue weighted by Gasteiger charge is -2.40. The van der Waals surface area contributed by atoms with Crippen molar-refractivity contribution in [1.29, 1.82) is 0 Å². The molecule has 3 rings (SSSR count). The Hall–Kier alpha value is -1.32. The molecule has 1 saturated heterocycles. The summed E-state index contributed by atoms with van der Waals surface area (Å²) in [5.41, 5.74) is 2.40. The van der Waals surface area contributed by atoms with E-state index in [0.717, 1.165) is 37.4 Å². The molecule has 1 N–H and O–H groups in total. The van der Waals surface area contributed by atoms with E-state index in [0.29, 0.717) is 12.1 Å². The second-order valence-corrected chi connectivity index (χ2v) is 5.61. The lowest BCUT2D eigenvalue weighted by Crippen LogP contribution is -2.57. The van der Waals surface area contributed by atoms with Gasteiger partial charge in [0, 0.05) is 30.1 Å². The van der Waals surface area contributed by atoms with E-state index in [9.17, 15) is 0 Å². The molecular weight excluding hydrogens is 248 g/mol. The van der Waals surface area contributed by atoms with Crippen molar-refractivity contribution in [1.82, 2.24) is 10.2 Å². The molecule has 108 valence electrons. The second-order valence-electron chi connectivity index (χ2n) is 5.61. The van der Waals surface area contributed by atoms with Gasteiger partial charge in [-0.1, -0.05) is 32.0 Å². The summed E-state index contributed by atoms with van der Waals surface area (Å²) in [6.45, 7) is 9.99. The zero-order chi connectivity index (χ0) is 14.1. The largest absolute Gasteiger partial charge is 0.459 e. The highest BCUT2D eigenvalue weighted by Gasteiger charge is 2.30. The average Bonchev–Trinajstić information content (AvgIpc) is 2.80. The Morgan fingerprint density at radius 1 is 1.30 bits per heavy atom. The Morgan fingerprint density at radius 3 is 2.65 bits per heavy atom. The van der Waals surface area contributed by atoms with Crippen LogP contribution in [0, 0.1) is 0 Å². The summed E-state index contributed by atoms with van der Waals surface area (Å²) in [5.74, 6) is 1.16. The molecule has 1 aliphatic rings. The monoisotopic (exact) mass is 272 g/mol. The zero-order valence-electron chi connectivity index (χ0n) is 12.6. The van der Waals surface area contributed by atoms with Gasteiger partial charge in [-0.05, 0) is 26.0 Å². The molecule has 0 bridgehead atoms. The molecule has 0 aliphatic carbocycles. The third-order valence-electron chi connectivity index (χ3n) is 4.55. The Bertz CT molecular complexity index is 586. The van der Waals surface area contributed by atoms with Crippen LogP contribution in [0.15, 0.2) is 28.7 Å². The van der Waals surface area contributed by atoms with Gasteiger partial charge in [0.25, 0.3) is 0 Å². The molecule has 1 unspecified atom stereocenters. The van der Waals surface area contributed by atoms with Gasteiger partial charge < -0.3 is 9.73 Å². The highest BCUT2D eigenvalue weighted by atomic mass is 16.3. The van der Waals surface area contributed by atoms with Crippen molar-refractivity contribution >= 4 is 11.0 Å². The van der Waals surface area contributed by atoms with Crippen LogP contribution in [0.3, 0.4) is 0 Å². The molecule has 0 radical (unpaired) electrons. The first-order chi connectivity index (χ1) is 9.76. The van der Waals surface area contributed by atoms with Gasteiger partial charge >= 0.3 is 0 Å². The SMILES string of the molecule is CCc1c(C(C)N(CC)C2CNC2)oc2ccccc12. The standard InChI is InChI=1S/C17H24N2O/c1-4-14-15-8-6-7-9-16(15)20-17(14)12(3)19(5-2)13-10-18-11-13/h6-9,12-13,18H,4-5,10-11H2,1-3H3. The maximum atomic E-state index is 6.19. The summed E-state index contributed by atoms with van der Waals surface area (Å²) < 4.78 is 6.19. The number of likely N-dealkylation sites (N-methyl/N-ethyl adjacent to an activating group) is 1. The fourth-order valence-corrected chi connectivity index (χ4v) is 3.33. The number of aryl methyl sites for hydroxylation is 1. The zero-order valence-corrected chi connectivity index (χ0v) is 12.6. The number of para-hydroxylation sites is 1. The molecule has 20 heavy (non-hydrogen) atoms. The van der Waals surface area contributed by atoms with Crippen molar-refractivity contribution in [3.05, 3.63) is 35.6 Å². The van der Waals surface area contributed by atoms with E-state index >= 15 is 0 Å². The number of benzene rings is 1. The van der Waals surface area contributed by atoms with Crippen LogP contribution in [-0.4, -0.2) is 30.6 Å². The quantitative estimate of drug-likeness (QED) is 0.905. The molecule has 0 saturated carbocycles. The molecule has 1 fully saturated rings. The smallest absolute Gasteiger partial charge is 0.134 e. The van der Waals surface area contributed by atoms with E-state index in [-0.39, 0.29) is 0 Å². The number of nitrogens with one attached hydrogen (secondary N) is 1. The van der Waals surface area contributed by atoms with Crippen molar-refractivity contribution < 1.29 is 4.42 Å². The second kappa shape index (κ2) is 5.58. The van der Waals surface area contributed by atoms with Crippen molar-refractivity contribution in [2.24, 2.45) is 0 Å². The number of rotatable bonds is 5. The molecule has 0 amide bonds. The number of hydrogen-bond donors (Lipinski definition) is 1. The summed E-state index contributed by atoms with van der Waals surface area (Å²) in [7, 11) is 0. The Labute approximate surface area is 120 Å². The van der Waals surface area contributed by atoms with E-state index in [1.807, 2.05) is 6.07 Å². The van der Waals surface area contributed by atoms with Crippen molar-refractivity contribution in [3.63, 3.8) is 0 Å². The van der Waals surface area contributed by atoms with Crippen LogP contribution in [0.1, 0.15) is 38.1 Å². The molecule has 2 heterocycles. The van der Waals surface area contributed by atoms with Gasteiger partial charge in [-0.15, -0.1) is 0 Å². The lowest BCUT2D eigenvalue weighted by molar-refractivity contribution is 0.0982. The Balaban J connectivity index is 1.99. The summed E-state index contributed by atoms with van der Waals surface area (Å²) in [4.78, 5) is 2.55. The highest BCUT2D eigenvalue weighted by Crippen LogP contribution is 2.34. The summed E-state index contributed by atoms with van der Waals surface area (Å²) in [6, 6.07) is 9.38. The minimum Gasteiger partial charge on any atom is -0.459 e. The summed E-state index contributed by atoms with van der Waals surface area (Å²) in [6.07, 6.45) is 1.02. The first-order valence-corrected chi connectivity index (χ1v) is 7.73. The number of nitrogens with zero attached hydrogens (tertiary/aromatic N) is 1. The number of hydrogen-bond acceptors (Lipinski definition) is 3. The van der Waals surface area contributed by atoms with E-state index < -0.39 is 0 Å². The van der Waals surface area contributed by atoms with E-state index in [1.54, 1.807) is 0 Å². The highest BCUT2D eigenvalue weighted by molar-refractivity contribution is 5.82. The van der Waals surface area contributed by atoms with Crippen LogP contribution in [0.2, 0.25) is 0 Å². The van der Waals surface area contributed by atoms with E-state index in [1.165, 1.54) is 10.9 Å². The van der Waals surface area contributed by atoms with Gasteiger partial charge in [0.1, 0.15) is 11.3 Å². The Morgan fingerprint density at radius 2 is 2.05 bits per heavy atom. The topological polar surface area (TPSA) is 28.4 Å². The van der Waals surface area contributed by atoms with Crippen LogP contribution < -0.4 is 5.32 Å². The van der Waals surface area contributed by atoms with Crippen LogP contribution in [-0.2, 0) is 6.42 Å². The van der Waals surface area contributed by atoms with Gasteiger partial charge in [-0.3, -0.25) is 4.90 Å². The molecule has 1 atom stereocenters. The number of furan rings is 1. The van der Waals surface area contributed by atoms with Gasteiger partial charge in [-0.2, -0.15) is 0 Å². The first kappa shape index (κ1) is 13.7. The summed E-state index contributed by atoms with van der Waals surface area (Å²) in [5, 5.41) is 4.64. The molecule has 1 aromatic heterocycles. The predicted molar refractivity (Wildman–Crippen MR) is 83.0 cm³/mol. The third-order valence-corrected chi connectivity index (χ3v) is 4.55. The fraction of sp³-hybridized carbons (Fsp3) is 0.529. The first-order valence-electron chi connectivity index (χ1n) is 7.73. The minimum atomic E-state index is 0.342. The average molecular weight is 272 g/mol. The molecule has 1 aliphatic heterocycles. The maximum absolute atomic E-state index is 6.19. The lowest BCUT2D eigenvalue weighted by atomic mass is 10.0. The summed E-state index contributed by atoms with van der Waals surface area (Å²) >= 11 is 0. The van der Waals surface area contributed by atoms with Gasteiger partial charge in [0.2, 0.25) is 0 Å². The predicted octanol–water partition coefficient (Wildman–Crippen LogP) is 3.35. The van der Waals surface area contributed by atoms with Crippen LogP contribution in [0.25, 0.3) is 11.0 Å². The molecule has 3 heteroatoms. The van der Waals surface area contributed by atoms with Gasteiger partial charge in [0.05, 0.1) is 6.04 Å². The van der Waals surface area contributed by atoms with Crippen molar-refractivity contribution in [3.8, 4) is 0 Å². The minimum absolute atomic E-state index is 0.342. The van der Waals surface area contributed by atoms with E-state index in [2.05, 4.69) is 49.2 Å². The third kappa shape index (κ3) is 2.15. The maximum Gasteiger partial charge on any atom is 0.134 e.